The van der Waals surface area contributed by atoms with Gasteiger partial charge < -0.3 is 0 Å². The number of hydrogen-bond acceptors (Lipinski definition) is 1. The number of imidazole rings is 1. The van der Waals surface area contributed by atoms with Gasteiger partial charge in [0.05, 0.1) is 6.54 Å². The summed E-state index contributed by atoms with van der Waals surface area (Å²) in [5.74, 6) is -0.308. The van der Waals surface area contributed by atoms with Crippen LogP contribution < -0.4 is 5.69 Å². The van der Waals surface area contributed by atoms with Gasteiger partial charge in [0, 0.05) is 23.4 Å². The average molecular weight is 299 g/mol. The lowest BCUT2D eigenvalue weighted by atomic mass is 10.2. The van der Waals surface area contributed by atoms with Gasteiger partial charge in [0.25, 0.3) is 0 Å². The highest BCUT2D eigenvalue weighted by atomic mass is 79.9. The number of rotatable bonds is 3. The van der Waals surface area contributed by atoms with E-state index in [-0.39, 0.29) is 11.5 Å². The van der Waals surface area contributed by atoms with Gasteiger partial charge in [-0.3, -0.25) is 9.13 Å². The summed E-state index contributed by atoms with van der Waals surface area (Å²) >= 11 is 3.23. The Kier molecular flexibility index (Phi) is 3.47. The summed E-state index contributed by atoms with van der Waals surface area (Å²) in [5.41, 5.74) is 0.681. The van der Waals surface area contributed by atoms with Gasteiger partial charge in [-0.2, -0.15) is 0 Å². The van der Waals surface area contributed by atoms with Crippen molar-refractivity contribution in [2.24, 2.45) is 0 Å². The Morgan fingerprint density at radius 2 is 1.94 bits per heavy atom. The summed E-state index contributed by atoms with van der Waals surface area (Å²) in [4.78, 5) is 11.8. The van der Waals surface area contributed by atoms with Crippen LogP contribution in [-0.4, -0.2) is 9.13 Å². The minimum absolute atomic E-state index is 0.0760. The second kappa shape index (κ2) is 4.87. The van der Waals surface area contributed by atoms with Crippen LogP contribution in [-0.2, 0) is 13.1 Å². The maximum atomic E-state index is 13.2. The normalized spacial score (nSPS) is 10.8. The van der Waals surface area contributed by atoms with Crippen LogP contribution in [0.3, 0.4) is 0 Å². The summed E-state index contributed by atoms with van der Waals surface area (Å²) in [5, 5.41) is 0. The number of nitrogens with zero attached hydrogens (tertiary/aromatic N) is 2. The van der Waals surface area contributed by atoms with Gasteiger partial charge in [-0.15, -0.1) is 0 Å². The molecule has 0 unspecified atom stereocenters. The molecule has 2 rings (SSSR count). The van der Waals surface area contributed by atoms with E-state index in [1.807, 2.05) is 6.92 Å². The summed E-state index contributed by atoms with van der Waals surface area (Å²) < 4.78 is 17.0. The van der Waals surface area contributed by atoms with E-state index < -0.39 is 0 Å². The van der Waals surface area contributed by atoms with Gasteiger partial charge in [-0.05, 0) is 30.7 Å². The van der Waals surface area contributed by atoms with Gasteiger partial charge in [-0.25, -0.2) is 9.18 Å². The van der Waals surface area contributed by atoms with E-state index in [0.29, 0.717) is 17.6 Å². The fourth-order valence-corrected chi connectivity index (χ4v) is 2.23. The molecule has 0 radical (unpaired) electrons. The molecular formula is C12H12BrFN2O. The van der Waals surface area contributed by atoms with Crippen LogP contribution in [0.4, 0.5) is 4.39 Å². The smallest absolute Gasteiger partial charge is 0.300 e. The first-order valence-corrected chi connectivity index (χ1v) is 6.10. The monoisotopic (exact) mass is 298 g/mol. The molecule has 0 aliphatic heterocycles. The fourth-order valence-electron chi connectivity index (χ4n) is 1.71. The highest BCUT2D eigenvalue weighted by Gasteiger charge is 2.04. The van der Waals surface area contributed by atoms with Crippen molar-refractivity contribution in [1.29, 1.82) is 0 Å². The van der Waals surface area contributed by atoms with Crippen molar-refractivity contribution in [3.05, 3.63) is 56.9 Å². The average Bonchev–Trinajstić information content (AvgIpc) is 2.58. The summed E-state index contributed by atoms with van der Waals surface area (Å²) in [6.45, 7) is 2.92. The van der Waals surface area contributed by atoms with Crippen LogP contribution in [0.15, 0.2) is 39.9 Å². The molecule has 3 nitrogen and oxygen atoms in total. The largest absolute Gasteiger partial charge is 0.328 e. The molecule has 0 aliphatic carbocycles. The third kappa shape index (κ3) is 2.66. The number of hydrogen-bond donors (Lipinski definition) is 0. The van der Waals surface area contributed by atoms with Gasteiger partial charge in [0.1, 0.15) is 5.82 Å². The Hall–Kier alpha value is -1.36. The van der Waals surface area contributed by atoms with E-state index in [1.54, 1.807) is 27.6 Å². The quantitative estimate of drug-likeness (QED) is 0.856. The van der Waals surface area contributed by atoms with Crippen LogP contribution in [0.2, 0.25) is 0 Å². The Labute approximate surface area is 107 Å². The zero-order valence-corrected chi connectivity index (χ0v) is 10.9. The van der Waals surface area contributed by atoms with Crippen molar-refractivity contribution < 1.29 is 4.39 Å². The molecule has 0 saturated heterocycles. The SMILES string of the molecule is CCn1ccn(Cc2cc(F)cc(Br)c2)c1=O. The molecule has 0 N–H and O–H groups in total. The number of aryl methyl sites for hydroxylation is 1. The first-order valence-electron chi connectivity index (χ1n) is 5.30. The van der Waals surface area contributed by atoms with Crippen molar-refractivity contribution in [2.45, 2.75) is 20.0 Å². The summed E-state index contributed by atoms with van der Waals surface area (Å²) in [7, 11) is 0. The van der Waals surface area contributed by atoms with Gasteiger partial charge in [0.2, 0.25) is 0 Å². The third-order valence-corrected chi connectivity index (χ3v) is 2.99. The van der Waals surface area contributed by atoms with Crippen LogP contribution in [0.1, 0.15) is 12.5 Å². The van der Waals surface area contributed by atoms with Crippen molar-refractivity contribution in [2.75, 3.05) is 0 Å². The fraction of sp³-hybridized carbons (Fsp3) is 0.250. The molecule has 0 atom stereocenters. The minimum Gasteiger partial charge on any atom is -0.300 e. The molecule has 0 bridgehead atoms. The van der Waals surface area contributed by atoms with E-state index in [2.05, 4.69) is 15.9 Å². The first kappa shape index (κ1) is 12.1. The van der Waals surface area contributed by atoms with Crippen LogP contribution in [0, 0.1) is 5.82 Å². The van der Waals surface area contributed by atoms with Crippen LogP contribution in [0.25, 0.3) is 0 Å². The first-order chi connectivity index (χ1) is 8.10. The molecular weight excluding hydrogens is 287 g/mol. The Balaban J connectivity index is 2.31. The second-order valence-corrected chi connectivity index (χ2v) is 4.69. The van der Waals surface area contributed by atoms with E-state index in [0.717, 1.165) is 5.56 Å². The molecule has 0 amide bonds. The second-order valence-electron chi connectivity index (χ2n) is 3.77. The lowest BCUT2D eigenvalue weighted by Gasteiger charge is -2.03. The maximum absolute atomic E-state index is 13.2. The molecule has 1 heterocycles. The molecule has 17 heavy (non-hydrogen) atoms. The van der Waals surface area contributed by atoms with E-state index in [4.69, 9.17) is 0 Å². The van der Waals surface area contributed by atoms with E-state index in [1.165, 1.54) is 12.1 Å². The topological polar surface area (TPSA) is 26.9 Å². The van der Waals surface area contributed by atoms with Crippen LogP contribution >= 0.6 is 15.9 Å². The lowest BCUT2D eigenvalue weighted by Crippen LogP contribution is -2.23. The molecule has 0 saturated carbocycles. The number of benzene rings is 1. The highest BCUT2D eigenvalue weighted by Crippen LogP contribution is 2.15. The zero-order chi connectivity index (χ0) is 12.4. The molecule has 0 spiro atoms. The van der Waals surface area contributed by atoms with Gasteiger partial charge in [0.15, 0.2) is 0 Å². The zero-order valence-electron chi connectivity index (χ0n) is 9.36. The number of halogens is 2. The Bertz CT molecular complexity index is 568. The molecule has 1 aromatic heterocycles. The van der Waals surface area contributed by atoms with Crippen molar-refractivity contribution >= 4 is 15.9 Å². The predicted octanol–water partition coefficient (Wildman–Crippen LogP) is 2.62. The molecule has 90 valence electrons. The molecule has 0 aliphatic rings. The lowest BCUT2D eigenvalue weighted by molar-refractivity contribution is 0.619. The van der Waals surface area contributed by atoms with Crippen molar-refractivity contribution in [3.63, 3.8) is 0 Å². The third-order valence-electron chi connectivity index (χ3n) is 2.53. The summed E-state index contributed by atoms with van der Waals surface area (Å²) in [6.07, 6.45) is 3.45. The van der Waals surface area contributed by atoms with Crippen LogP contribution in [0.5, 0.6) is 0 Å². The Morgan fingerprint density at radius 1 is 1.24 bits per heavy atom. The molecule has 2 aromatic rings. The van der Waals surface area contributed by atoms with E-state index in [9.17, 15) is 9.18 Å². The molecule has 5 heteroatoms. The van der Waals surface area contributed by atoms with Gasteiger partial charge >= 0.3 is 5.69 Å². The molecule has 1 aromatic carbocycles. The van der Waals surface area contributed by atoms with E-state index >= 15 is 0 Å². The predicted molar refractivity (Wildman–Crippen MR) is 67.6 cm³/mol. The van der Waals surface area contributed by atoms with Gasteiger partial charge in [-0.1, -0.05) is 15.9 Å². The van der Waals surface area contributed by atoms with Crippen molar-refractivity contribution in [1.82, 2.24) is 9.13 Å². The Morgan fingerprint density at radius 3 is 2.53 bits per heavy atom. The minimum atomic E-state index is -0.308. The number of aromatic nitrogens is 2. The standard InChI is InChI=1S/C12H12BrFN2O/c1-2-15-3-4-16(12(15)17)8-9-5-10(13)7-11(14)6-9/h3-7H,2,8H2,1H3. The summed E-state index contributed by atoms with van der Waals surface area (Å²) in [6, 6.07) is 4.63. The molecule has 0 fully saturated rings. The van der Waals surface area contributed by atoms with Crippen molar-refractivity contribution in [3.8, 4) is 0 Å². The highest BCUT2D eigenvalue weighted by molar-refractivity contribution is 9.10. The maximum Gasteiger partial charge on any atom is 0.328 e.